The van der Waals surface area contributed by atoms with E-state index in [9.17, 15) is 4.79 Å². The van der Waals surface area contributed by atoms with Gasteiger partial charge in [-0.25, -0.2) is 0 Å². The van der Waals surface area contributed by atoms with Gasteiger partial charge in [0.1, 0.15) is 0 Å². The summed E-state index contributed by atoms with van der Waals surface area (Å²) < 4.78 is 0. The number of carboxylic acids is 1. The first kappa shape index (κ1) is 11.9. The lowest BCUT2D eigenvalue weighted by molar-refractivity contribution is -0.136. The zero-order valence-corrected chi connectivity index (χ0v) is 9.98. The fraction of sp³-hybridized carbons (Fsp3) is 0.917. The summed E-state index contributed by atoms with van der Waals surface area (Å²) in [7, 11) is 2.20. The molecule has 0 aromatic carbocycles. The molecule has 4 nitrogen and oxygen atoms in total. The van der Waals surface area contributed by atoms with E-state index in [1.165, 1.54) is 32.1 Å². The Morgan fingerprint density at radius 2 is 2.00 bits per heavy atom. The van der Waals surface area contributed by atoms with Crippen molar-refractivity contribution in [3.05, 3.63) is 0 Å². The monoisotopic (exact) mass is 226 g/mol. The summed E-state index contributed by atoms with van der Waals surface area (Å²) >= 11 is 0. The summed E-state index contributed by atoms with van der Waals surface area (Å²) in [4.78, 5) is 13.1. The molecular formula is C12H22N2O2. The molecule has 2 fully saturated rings. The van der Waals surface area contributed by atoms with Gasteiger partial charge < -0.3 is 10.4 Å². The third-order valence-corrected chi connectivity index (χ3v) is 3.89. The summed E-state index contributed by atoms with van der Waals surface area (Å²) in [6, 6.07) is 1.67. The standard InChI is InChI=1S/C12H22N2O2/c1-14(9-6-7-9)11-5-3-2-4-10(11)13-8-12(15)16/h9-11,13H,2-8H2,1H3,(H,15,16). The molecule has 2 aliphatic carbocycles. The Morgan fingerprint density at radius 3 is 2.62 bits per heavy atom. The van der Waals surface area contributed by atoms with Crippen LogP contribution in [0.1, 0.15) is 38.5 Å². The van der Waals surface area contributed by atoms with Gasteiger partial charge in [-0.1, -0.05) is 12.8 Å². The summed E-state index contributed by atoms with van der Waals surface area (Å²) in [6.07, 6.45) is 7.48. The largest absolute Gasteiger partial charge is 0.480 e. The third kappa shape index (κ3) is 2.95. The summed E-state index contributed by atoms with van der Waals surface area (Å²) in [6.45, 7) is 0.0969. The lowest BCUT2D eigenvalue weighted by atomic mass is 9.89. The lowest BCUT2D eigenvalue weighted by Gasteiger charge is -2.38. The Labute approximate surface area is 97.0 Å². The highest BCUT2D eigenvalue weighted by Gasteiger charge is 2.36. The number of nitrogens with zero attached hydrogens (tertiary/aromatic N) is 1. The van der Waals surface area contributed by atoms with Crippen LogP contribution in [0.4, 0.5) is 0 Å². The first-order chi connectivity index (χ1) is 7.68. The Kier molecular flexibility index (Phi) is 3.82. The zero-order chi connectivity index (χ0) is 11.5. The molecule has 0 aromatic heterocycles. The minimum Gasteiger partial charge on any atom is -0.480 e. The summed E-state index contributed by atoms with van der Waals surface area (Å²) in [5.74, 6) is -0.751. The molecule has 16 heavy (non-hydrogen) atoms. The normalized spacial score (nSPS) is 30.6. The van der Waals surface area contributed by atoms with E-state index in [0.717, 1.165) is 12.5 Å². The minimum atomic E-state index is -0.751. The molecular weight excluding hydrogens is 204 g/mol. The average Bonchev–Trinajstić information content (AvgIpc) is 3.09. The molecule has 0 aromatic rings. The molecule has 0 radical (unpaired) electrons. The maximum atomic E-state index is 10.6. The van der Waals surface area contributed by atoms with Crippen molar-refractivity contribution in [2.75, 3.05) is 13.6 Å². The number of hydrogen-bond donors (Lipinski definition) is 2. The zero-order valence-electron chi connectivity index (χ0n) is 9.98. The highest BCUT2D eigenvalue weighted by atomic mass is 16.4. The second kappa shape index (κ2) is 5.15. The van der Waals surface area contributed by atoms with Crippen molar-refractivity contribution in [1.82, 2.24) is 10.2 Å². The van der Waals surface area contributed by atoms with E-state index < -0.39 is 5.97 Å². The molecule has 0 aliphatic heterocycles. The quantitative estimate of drug-likeness (QED) is 0.736. The Balaban J connectivity index is 1.87. The van der Waals surface area contributed by atoms with Crippen LogP contribution in [0.2, 0.25) is 0 Å². The van der Waals surface area contributed by atoms with Crippen LogP contribution in [-0.2, 0) is 4.79 Å². The van der Waals surface area contributed by atoms with E-state index in [1.807, 2.05) is 0 Å². The first-order valence-corrected chi connectivity index (χ1v) is 6.35. The van der Waals surface area contributed by atoms with Crippen LogP contribution < -0.4 is 5.32 Å². The molecule has 0 saturated heterocycles. The van der Waals surface area contributed by atoms with Gasteiger partial charge in [-0.15, -0.1) is 0 Å². The molecule has 2 aliphatic rings. The maximum absolute atomic E-state index is 10.6. The van der Waals surface area contributed by atoms with Gasteiger partial charge in [-0.05, 0) is 32.7 Å². The van der Waals surface area contributed by atoms with Crippen molar-refractivity contribution >= 4 is 5.97 Å². The molecule has 2 saturated carbocycles. The van der Waals surface area contributed by atoms with Gasteiger partial charge in [0.25, 0.3) is 0 Å². The fourth-order valence-electron chi connectivity index (χ4n) is 2.81. The molecule has 2 rings (SSSR count). The number of hydrogen-bond acceptors (Lipinski definition) is 3. The first-order valence-electron chi connectivity index (χ1n) is 6.35. The molecule has 0 heterocycles. The molecule has 0 amide bonds. The number of aliphatic carboxylic acids is 1. The van der Waals surface area contributed by atoms with Crippen LogP contribution in [0.25, 0.3) is 0 Å². The Hall–Kier alpha value is -0.610. The minimum absolute atomic E-state index is 0.0969. The Morgan fingerprint density at radius 1 is 1.31 bits per heavy atom. The van der Waals surface area contributed by atoms with Gasteiger partial charge in [0.2, 0.25) is 0 Å². The molecule has 2 N–H and O–H groups in total. The second-order valence-corrected chi connectivity index (χ2v) is 5.13. The molecule has 0 spiro atoms. The van der Waals surface area contributed by atoms with Crippen LogP contribution in [-0.4, -0.2) is 47.7 Å². The Bertz CT molecular complexity index is 253. The van der Waals surface area contributed by atoms with Gasteiger partial charge in [-0.2, -0.15) is 0 Å². The summed E-state index contributed by atoms with van der Waals surface area (Å²) in [5, 5.41) is 11.9. The van der Waals surface area contributed by atoms with Crippen LogP contribution >= 0.6 is 0 Å². The number of carboxylic acid groups (broad SMARTS) is 1. The predicted octanol–water partition coefficient (Wildman–Crippen LogP) is 1.07. The van der Waals surface area contributed by atoms with E-state index in [-0.39, 0.29) is 6.54 Å². The maximum Gasteiger partial charge on any atom is 0.317 e. The molecule has 92 valence electrons. The van der Waals surface area contributed by atoms with Crippen molar-refractivity contribution < 1.29 is 9.90 Å². The van der Waals surface area contributed by atoms with Gasteiger partial charge in [0, 0.05) is 18.1 Å². The second-order valence-electron chi connectivity index (χ2n) is 5.13. The fourth-order valence-corrected chi connectivity index (χ4v) is 2.81. The molecule has 2 atom stereocenters. The van der Waals surface area contributed by atoms with E-state index in [0.29, 0.717) is 12.1 Å². The number of carbonyl (C=O) groups is 1. The predicted molar refractivity (Wildman–Crippen MR) is 62.5 cm³/mol. The van der Waals surface area contributed by atoms with Gasteiger partial charge >= 0.3 is 5.97 Å². The van der Waals surface area contributed by atoms with Gasteiger partial charge in [-0.3, -0.25) is 9.69 Å². The van der Waals surface area contributed by atoms with Gasteiger partial charge in [0.15, 0.2) is 0 Å². The van der Waals surface area contributed by atoms with Crippen molar-refractivity contribution in [1.29, 1.82) is 0 Å². The molecule has 4 heteroatoms. The number of rotatable bonds is 5. The van der Waals surface area contributed by atoms with Crippen molar-refractivity contribution in [2.24, 2.45) is 0 Å². The van der Waals surface area contributed by atoms with Crippen LogP contribution in [0.15, 0.2) is 0 Å². The highest BCUT2D eigenvalue weighted by Crippen LogP contribution is 2.32. The number of likely N-dealkylation sites (N-methyl/N-ethyl adjacent to an activating group) is 1. The third-order valence-electron chi connectivity index (χ3n) is 3.89. The van der Waals surface area contributed by atoms with Crippen LogP contribution in [0.3, 0.4) is 0 Å². The SMILES string of the molecule is CN(C1CC1)C1CCCCC1NCC(=O)O. The highest BCUT2D eigenvalue weighted by molar-refractivity contribution is 5.69. The molecule has 2 unspecified atom stereocenters. The number of nitrogens with one attached hydrogen (secondary N) is 1. The van der Waals surface area contributed by atoms with E-state index in [2.05, 4.69) is 17.3 Å². The van der Waals surface area contributed by atoms with Crippen molar-refractivity contribution in [3.63, 3.8) is 0 Å². The van der Waals surface area contributed by atoms with Crippen LogP contribution in [0, 0.1) is 0 Å². The topological polar surface area (TPSA) is 52.6 Å². The van der Waals surface area contributed by atoms with Gasteiger partial charge in [0.05, 0.1) is 6.54 Å². The lowest BCUT2D eigenvalue weighted by Crippen LogP contribution is -2.52. The average molecular weight is 226 g/mol. The van der Waals surface area contributed by atoms with E-state index >= 15 is 0 Å². The van der Waals surface area contributed by atoms with Crippen molar-refractivity contribution in [3.8, 4) is 0 Å². The molecule has 0 bridgehead atoms. The van der Waals surface area contributed by atoms with E-state index in [1.54, 1.807) is 0 Å². The van der Waals surface area contributed by atoms with E-state index in [4.69, 9.17) is 5.11 Å². The summed E-state index contributed by atoms with van der Waals surface area (Å²) in [5.41, 5.74) is 0. The van der Waals surface area contributed by atoms with Crippen molar-refractivity contribution in [2.45, 2.75) is 56.7 Å². The smallest absolute Gasteiger partial charge is 0.317 e. The van der Waals surface area contributed by atoms with Crippen LogP contribution in [0.5, 0.6) is 0 Å².